The van der Waals surface area contributed by atoms with Crippen LogP contribution in [0.2, 0.25) is 0 Å². The number of benzene rings is 1. The summed E-state index contributed by atoms with van der Waals surface area (Å²) >= 11 is 3.41. The first-order chi connectivity index (χ1) is 15.4. The maximum absolute atomic E-state index is 13.5. The number of halogens is 1. The standard InChI is InChI=1S/C24H24BrN3O4/c1-3-27(4-2)11-12-28-21(17-7-5-6-10-26-17)20(23(30)24(28)31)22(29)19-14-15-13-16(25)8-9-18(15)32-19/h5-10,13-14,21,30H,3-4,11-12H2,1-2H3. The minimum atomic E-state index is -0.785. The Morgan fingerprint density at radius 3 is 2.69 bits per heavy atom. The first kappa shape index (κ1) is 22.2. The van der Waals surface area contributed by atoms with Crippen molar-refractivity contribution < 1.29 is 19.1 Å². The Balaban J connectivity index is 1.73. The number of aliphatic hydroxyl groups is 1. The molecule has 0 saturated heterocycles. The first-order valence-electron chi connectivity index (χ1n) is 10.6. The Bertz CT molecular complexity index is 1180. The summed E-state index contributed by atoms with van der Waals surface area (Å²) in [4.78, 5) is 34.6. The fourth-order valence-corrected chi connectivity index (χ4v) is 4.39. The number of rotatable bonds is 8. The van der Waals surface area contributed by atoms with Crippen molar-refractivity contribution in [2.75, 3.05) is 26.2 Å². The molecule has 2 aromatic heterocycles. The van der Waals surface area contributed by atoms with Crippen molar-refractivity contribution >= 4 is 38.6 Å². The lowest BCUT2D eigenvalue weighted by Gasteiger charge is -2.28. The second kappa shape index (κ2) is 9.26. The Labute approximate surface area is 194 Å². The second-order valence-corrected chi connectivity index (χ2v) is 8.48. The predicted octanol–water partition coefficient (Wildman–Crippen LogP) is 4.51. The van der Waals surface area contributed by atoms with Gasteiger partial charge < -0.3 is 19.3 Å². The number of hydrogen-bond donors (Lipinski definition) is 1. The van der Waals surface area contributed by atoms with Crippen molar-refractivity contribution in [3.63, 3.8) is 0 Å². The van der Waals surface area contributed by atoms with Crippen molar-refractivity contribution in [1.82, 2.24) is 14.8 Å². The number of carbonyl (C=O) groups excluding carboxylic acids is 2. The number of ketones is 1. The van der Waals surface area contributed by atoms with Crippen LogP contribution in [0.1, 0.15) is 36.1 Å². The summed E-state index contributed by atoms with van der Waals surface area (Å²) in [7, 11) is 0. The minimum absolute atomic E-state index is 0.00799. The molecule has 7 nitrogen and oxygen atoms in total. The molecule has 0 radical (unpaired) electrons. The van der Waals surface area contributed by atoms with E-state index in [0.29, 0.717) is 24.4 Å². The number of aliphatic hydroxyl groups excluding tert-OH is 1. The van der Waals surface area contributed by atoms with Crippen molar-refractivity contribution in [1.29, 1.82) is 0 Å². The molecule has 1 aliphatic rings. The molecule has 1 atom stereocenters. The number of nitrogens with zero attached hydrogens (tertiary/aromatic N) is 3. The Hall–Kier alpha value is -2.97. The zero-order valence-electron chi connectivity index (χ0n) is 17.9. The summed E-state index contributed by atoms with van der Waals surface area (Å²) in [5.41, 5.74) is 1.06. The number of hydrogen-bond acceptors (Lipinski definition) is 6. The number of amides is 1. The molecule has 1 aliphatic heterocycles. The third-order valence-electron chi connectivity index (χ3n) is 5.77. The van der Waals surface area contributed by atoms with E-state index in [0.717, 1.165) is 22.9 Å². The molecule has 0 aliphatic carbocycles. The van der Waals surface area contributed by atoms with Gasteiger partial charge in [0.1, 0.15) is 11.6 Å². The largest absolute Gasteiger partial charge is 0.503 e. The smallest absolute Gasteiger partial charge is 0.290 e. The van der Waals surface area contributed by atoms with E-state index in [-0.39, 0.29) is 11.3 Å². The summed E-state index contributed by atoms with van der Waals surface area (Å²) in [5, 5.41) is 11.5. The fourth-order valence-electron chi connectivity index (χ4n) is 4.01. The molecule has 3 heterocycles. The van der Waals surface area contributed by atoms with Crippen LogP contribution in [-0.4, -0.2) is 57.8 Å². The number of carbonyl (C=O) groups is 2. The zero-order valence-corrected chi connectivity index (χ0v) is 19.5. The highest BCUT2D eigenvalue weighted by Crippen LogP contribution is 2.38. The van der Waals surface area contributed by atoms with E-state index in [1.54, 1.807) is 36.5 Å². The number of furan rings is 1. The van der Waals surface area contributed by atoms with Crippen LogP contribution in [0.25, 0.3) is 11.0 Å². The van der Waals surface area contributed by atoms with E-state index >= 15 is 0 Å². The van der Waals surface area contributed by atoms with Crippen molar-refractivity contribution in [2.24, 2.45) is 0 Å². The van der Waals surface area contributed by atoms with Crippen LogP contribution in [0.3, 0.4) is 0 Å². The van der Waals surface area contributed by atoms with Crippen LogP contribution in [0.5, 0.6) is 0 Å². The maximum atomic E-state index is 13.5. The monoisotopic (exact) mass is 497 g/mol. The quantitative estimate of drug-likeness (QED) is 0.460. The Morgan fingerprint density at radius 2 is 2.00 bits per heavy atom. The van der Waals surface area contributed by atoms with Gasteiger partial charge in [0.25, 0.3) is 5.91 Å². The average Bonchev–Trinajstić information content (AvgIpc) is 3.33. The highest BCUT2D eigenvalue weighted by molar-refractivity contribution is 9.10. The Kier molecular flexibility index (Phi) is 6.43. The Morgan fingerprint density at radius 1 is 1.22 bits per heavy atom. The van der Waals surface area contributed by atoms with Gasteiger partial charge >= 0.3 is 0 Å². The van der Waals surface area contributed by atoms with Crippen LogP contribution in [0.15, 0.2) is 68.9 Å². The van der Waals surface area contributed by atoms with E-state index in [9.17, 15) is 14.7 Å². The number of fused-ring (bicyclic) bond motifs is 1. The van der Waals surface area contributed by atoms with Gasteiger partial charge in [-0.25, -0.2) is 0 Å². The summed E-state index contributed by atoms with van der Waals surface area (Å²) in [5.74, 6) is -1.58. The van der Waals surface area contributed by atoms with Crippen molar-refractivity contribution in [3.05, 3.63) is 75.9 Å². The van der Waals surface area contributed by atoms with E-state index in [4.69, 9.17) is 4.42 Å². The molecule has 1 amide bonds. The lowest BCUT2D eigenvalue weighted by molar-refractivity contribution is -0.129. The van der Waals surface area contributed by atoms with Crippen LogP contribution in [-0.2, 0) is 4.79 Å². The van der Waals surface area contributed by atoms with Gasteiger partial charge in [-0.3, -0.25) is 14.6 Å². The number of pyridine rings is 1. The fraction of sp³-hybridized carbons (Fsp3) is 0.292. The lowest BCUT2D eigenvalue weighted by Crippen LogP contribution is -2.38. The first-order valence-corrected chi connectivity index (χ1v) is 11.3. The molecular weight excluding hydrogens is 474 g/mol. The molecule has 0 saturated carbocycles. The molecule has 166 valence electrons. The molecule has 0 bridgehead atoms. The number of Topliss-reactive ketones (excluding diaryl/α,β-unsaturated/α-hetero) is 1. The second-order valence-electron chi connectivity index (χ2n) is 7.57. The van der Waals surface area contributed by atoms with E-state index in [2.05, 4.69) is 39.7 Å². The zero-order chi connectivity index (χ0) is 22.8. The number of likely N-dealkylation sites (N-methyl/N-ethyl adjacent to an activating group) is 1. The summed E-state index contributed by atoms with van der Waals surface area (Å²) < 4.78 is 6.62. The predicted molar refractivity (Wildman–Crippen MR) is 124 cm³/mol. The van der Waals surface area contributed by atoms with Gasteiger partial charge in [0, 0.05) is 29.1 Å². The molecule has 1 unspecified atom stereocenters. The summed E-state index contributed by atoms with van der Waals surface area (Å²) in [6.07, 6.45) is 1.61. The maximum Gasteiger partial charge on any atom is 0.290 e. The van der Waals surface area contributed by atoms with Crippen LogP contribution < -0.4 is 0 Å². The SMILES string of the molecule is CCN(CC)CCN1C(=O)C(O)=C(C(=O)c2cc3cc(Br)ccc3o2)C1c1ccccn1. The van der Waals surface area contributed by atoms with Gasteiger partial charge in [-0.05, 0) is 49.5 Å². The third-order valence-corrected chi connectivity index (χ3v) is 6.26. The molecule has 32 heavy (non-hydrogen) atoms. The van der Waals surface area contributed by atoms with Crippen LogP contribution >= 0.6 is 15.9 Å². The van der Waals surface area contributed by atoms with E-state index < -0.39 is 23.5 Å². The van der Waals surface area contributed by atoms with Gasteiger partial charge in [0.2, 0.25) is 5.78 Å². The lowest BCUT2D eigenvalue weighted by atomic mass is 9.98. The van der Waals surface area contributed by atoms with Gasteiger partial charge in [0.05, 0.1) is 11.3 Å². The summed E-state index contributed by atoms with van der Waals surface area (Å²) in [6.45, 7) is 6.76. The van der Waals surface area contributed by atoms with Crippen LogP contribution in [0, 0.1) is 0 Å². The highest BCUT2D eigenvalue weighted by Gasteiger charge is 2.45. The van der Waals surface area contributed by atoms with Gasteiger partial charge in [-0.2, -0.15) is 0 Å². The third kappa shape index (κ3) is 4.08. The topological polar surface area (TPSA) is 86.9 Å². The molecule has 3 aromatic rings. The normalized spacial score (nSPS) is 16.6. The highest BCUT2D eigenvalue weighted by atomic mass is 79.9. The molecule has 4 rings (SSSR count). The van der Waals surface area contributed by atoms with Gasteiger partial charge in [-0.1, -0.05) is 35.8 Å². The molecule has 1 N–H and O–H groups in total. The molecule has 8 heteroatoms. The van der Waals surface area contributed by atoms with Gasteiger partial charge in [0.15, 0.2) is 11.5 Å². The van der Waals surface area contributed by atoms with Crippen molar-refractivity contribution in [3.8, 4) is 0 Å². The summed E-state index contributed by atoms with van der Waals surface area (Å²) in [6, 6.07) is 11.6. The average molecular weight is 498 g/mol. The van der Waals surface area contributed by atoms with E-state index in [1.807, 2.05) is 12.1 Å². The number of aromatic nitrogens is 1. The van der Waals surface area contributed by atoms with Crippen molar-refractivity contribution in [2.45, 2.75) is 19.9 Å². The van der Waals surface area contributed by atoms with E-state index in [1.165, 1.54) is 4.90 Å². The minimum Gasteiger partial charge on any atom is -0.503 e. The molecule has 1 aromatic carbocycles. The molecule has 0 fully saturated rings. The van der Waals surface area contributed by atoms with Gasteiger partial charge in [-0.15, -0.1) is 0 Å². The van der Waals surface area contributed by atoms with Crippen LogP contribution in [0.4, 0.5) is 0 Å². The molecular formula is C24H24BrN3O4. The molecule has 0 spiro atoms.